The first-order chi connectivity index (χ1) is 14.5. The summed E-state index contributed by atoms with van der Waals surface area (Å²) in [7, 11) is -1.73. The van der Waals surface area contributed by atoms with Crippen LogP contribution in [0.3, 0.4) is 0 Å². The predicted molar refractivity (Wildman–Crippen MR) is 132 cm³/mol. The van der Waals surface area contributed by atoms with Crippen molar-refractivity contribution in [3.05, 3.63) is 90.0 Å². The van der Waals surface area contributed by atoms with Crippen LogP contribution in [0.5, 0.6) is 0 Å². The van der Waals surface area contributed by atoms with Crippen LogP contribution >= 0.6 is 0 Å². The number of hydrogen-bond acceptors (Lipinski definition) is 0. The van der Waals surface area contributed by atoms with Crippen molar-refractivity contribution < 1.29 is 0 Å². The molecule has 1 nitrogen and oxygen atoms in total. The quantitative estimate of drug-likeness (QED) is 0.294. The number of fused-ring (bicyclic) bond motifs is 7. The smallest absolute Gasteiger partial charge is 0.113 e. The van der Waals surface area contributed by atoms with E-state index in [4.69, 9.17) is 0 Å². The predicted octanol–water partition coefficient (Wildman–Crippen LogP) is 6.20. The zero-order chi connectivity index (χ0) is 20.6. The van der Waals surface area contributed by atoms with Gasteiger partial charge in [0.25, 0.3) is 0 Å². The van der Waals surface area contributed by atoms with E-state index in [2.05, 4.69) is 110 Å². The highest BCUT2D eigenvalue weighted by molar-refractivity contribution is 7.04. The van der Waals surface area contributed by atoms with Crippen molar-refractivity contribution in [3.63, 3.8) is 0 Å². The maximum absolute atomic E-state index is 2.50. The van der Waals surface area contributed by atoms with Gasteiger partial charge >= 0.3 is 0 Å². The highest BCUT2D eigenvalue weighted by Crippen LogP contribution is 2.40. The Balaban J connectivity index is 1.84. The SMILES string of the molecule is Cc1ccc(-n2c3ccccc3c3ccc4c(c32)-c2ccc(C)cc2[Si]4(C)C)cc1. The van der Waals surface area contributed by atoms with Crippen LogP contribution in [-0.4, -0.2) is 12.6 Å². The van der Waals surface area contributed by atoms with E-state index in [1.807, 2.05) is 0 Å². The summed E-state index contributed by atoms with van der Waals surface area (Å²) in [5.41, 5.74) is 9.42. The van der Waals surface area contributed by atoms with Crippen molar-refractivity contribution >= 4 is 40.3 Å². The summed E-state index contributed by atoms with van der Waals surface area (Å²) in [6, 6.07) is 29.7. The van der Waals surface area contributed by atoms with Gasteiger partial charge in [0.05, 0.1) is 11.0 Å². The lowest BCUT2D eigenvalue weighted by Crippen LogP contribution is -2.49. The van der Waals surface area contributed by atoms with Gasteiger partial charge in [-0.2, -0.15) is 0 Å². The molecule has 2 heterocycles. The molecule has 146 valence electrons. The van der Waals surface area contributed by atoms with Crippen LogP contribution in [0.4, 0.5) is 0 Å². The molecule has 0 aliphatic carbocycles. The minimum Gasteiger partial charge on any atom is -0.309 e. The first-order valence-corrected chi connectivity index (χ1v) is 13.7. The molecule has 0 fully saturated rings. The Morgan fingerprint density at radius 2 is 1.40 bits per heavy atom. The van der Waals surface area contributed by atoms with Crippen LogP contribution in [-0.2, 0) is 0 Å². The van der Waals surface area contributed by atoms with Crippen molar-refractivity contribution in [1.29, 1.82) is 0 Å². The Labute approximate surface area is 178 Å². The van der Waals surface area contributed by atoms with Crippen molar-refractivity contribution in [2.45, 2.75) is 26.9 Å². The van der Waals surface area contributed by atoms with Gasteiger partial charge in [-0.25, -0.2) is 0 Å². The molecule has 1 aliphatic rings. The molecular weight excluding hydrogens is 378 g/mol. The minimum absolute atomic E-state index is 1.24. The number of para-hydroxylation sites is 1. The van der Waals surface area contributed by atoms with Crippen molar-refractivity contribution in [2.75, 3.05) is 0 Å². The first kappa shape index (κ1) is 17.7. The Morgan fingerprint density at radius 3 is 2.20 bits per heavy atom. The first-order valence-electron chi connectivity index (χ1n) is 10.7. The van der Waals surface area contributed by atoms with Crippen LogP contribution in [0.25, 0.3) is 38.6 Å². The van der Waals surface area contributed by atoms with Crippen molar-refractivity contribution in [2.24, 2.45) is 0 Å². The number of benzene rings is 4. The van der Waals surface area contributed by atoms with Gasteiger partial charge < -0.3 is 4.57 Å². The maximum Gasteiger partial charge on any atom is 0.113 e. The molecule has 6 rings (SSSR count). The molecule has 30 heavy (non-hydrogen) atoms. The maximum atomic E-state index is 2.50. The van der Waals surface area contributed by atoms with Gasteiger partial charge in [-0.3, -0.25) is 0 Å². The van der Waals surface area contributed by atoms with E-state index >= 15 is 0 Å². The van der Waals surface area contributed by atoms with Crippen LogP contribution in [0.2, 0.25) is 13.1 Å². The lowest BCUT2D eigenvalue weighted by molar-refractivity contribution is 1.18. The van der Waals surface area contributed by atoms with Crippen molar-refractivity contribution in [1.82, 2.24) is 4.57 Å². The van der Waals surface area contributed by atoms with E-state index in [1.54, 1.807) is 10.4 Å². The number of nitrogens with zero attached hydrogens (tertiary/aromatic N) is 1. The van der Waals surface area contributed by atoms with Gasteiger partial charge in [0.15, 0.2) is 0 Å². The number of aryl methyl sites for hydroxylation is 2. The molecule has 0 N–H and O–H groups in total. The van der Waals surface area contributed by atoms with E-state index in [-0.39, 0.29) is 0 Å². The van der Waals surface area contributed by atoms with Gasteiger partial charge in [0.1, 0.15) is 8.07 Å². The molecule has 2 heteroatoms. The van der Waals surface area contributed by atoms with Gasteiger partial charge in [-0.1, -0.05) is 84.9 Å². The van der Waals surface area contributed by atoms with E-state index in [1.165, 1.54) is 49.7 Å². The third-order valence-corrected chi connectivity index (χ3v) is 10.4. The van der Waals surface area contributed by atoms with E-state index in [0.29, 0.717) is 0 Å². The molecule has 1 aromatic heterocycles. The fourth-order valence-electron chi connectivity index (χ4n) is 5.35. The molecular formula is C28H25NSi. The van der Waals surface area contributed by atoms with Gasteiger partial charge in [0.2, 0.25) is 0 Å². The minimum atomic E-state index is -1.73. The monoisotopic (exact) mass is 403 g/mol. The zero-order valence-corrected chi connectivity index (χ0v) is 19.0. The molecule has 5 aromatic rings. The second-order valence-electron chi connectivity index (χ2n) is 9.25. The number of rotatable bonds is 1. The van der Waals surface area contributed by atoms with Crippen LogP contribution in [0, 0.1) is 13.8 Å². The molecule has 0 spiro atoms. The Kier molecular flexibility index (Phi) is 3.52. The van der Waals surface area contributed by atoms with Crippen LogP contribution in [0.15, 0.2) is 78.9 Å². The van der Waals surface area contributed by atoms with E-state index in [9.17, 15) is 0 Å². The summed E-state index contributed by atoms with van der Waals surface area (Å²) in [5.74, 6) is 0. The fraction of sp³-hybridized carbons (Fsp3) is 0.143. The molecule has 0 radical (unpaired) electrons. The second-order valence-corrected chi connectivity index (χ2v) is 13.6. The third kappa shape index (κ3) is 2.23. The Bertz CT molecular complexity index is 1470. The van der Waals surface area contributed by atoms with Crippen LogP contribution in [0.1, 0.15) is 11.1 Å². The summed E-state index contributed by atoms with van der Waals surface area (Å²) in [5, 5.41) is 5.82. The summed E-state index contributed by atoms with van der Waals surface area (Å²) >= 11 is 0. The molecule has 0 saturated heterocycles. The van der Waals surface area contributed by atoms with E-state index < -0.39 is 8.07 Å². The summed E-state index contributed by atoms with van der Waals surface area (Å²) in [6.07, 6.45) is 0. The molecule has 1 aliphatic heterocycles. The van der Waals surface area contributed by atoms with Crippen molar-refractivity contribution in [3.8, 4) is 16.8 Å². The Morgan fingerprint density at radius 1 is 0.667 bits per heavy atom. The lowest BCUT2D eigenvalue weighted by atomic mass is 10.0. The molecule has 0 bridgehead atoms. The largest absolute Gasteiger partial charge is 0.309 e. The highest BCUT2D eigenvalue weighted by Gasteiger charge is 2.39. The van der Waals surface area contributed by atoms with Gasteiger partial charge in [0, 0.05) is 22.0 Å². The average Bonchev–Trinajstić information content (AvgIpc) is 3.19. The molecule has 0 unspecified atom stereocenters. The van der Waals surface area contributed by atoms with E-state index in [0.717, 1.165) is 0 Å². The van der Waals surface area contributed by atoms with Gasteiger partial charge in [-0.05, 0) is 48.0 Å². The van der Waals surface area contributed by atoms with Crippen LogP contribution < -0.4 is 10.4 Å². The molecule has 0 atom stereocenters. The summed E-state index contributed by atoms with van der Waals surface area (Å²) < 4.78 is 2.49. The van der Waals surface area contributed by atoms with Gasteiger partial charge in [-0.15, -0.1) is 0 Å². The number of hydrogen-bond donors (Lipinski definition) is 0. The average molecular weight is 404 g/mol. The topological polar surface area (TPSA) is 4.93 Å². The standard InChI is InChI=1S/C28H25NSi/c1-18-9-12-20(13-10-18)29-24-8-6-5-7-21(24)22-15-16-25-27(28(22)29)23-14-11-19(2)17-26(23)30(25,3)4/h5-17H,1-4H3. The molecule has 4 aromatic carbocycles. The number of aromatic nitrogens is 1. The fourth-order valence-corrected chi connectivity index (χ4v) is 8.49. The summed E-state index contributed by atoms with van der Waals surface area (Å²) in [4.78, 5) is 0. The zero-order valence-electron chi connectivity index (χ0n) is 18.0. The highest BCUT2D eigenvalue weighted by atomic mass is 28.3. The third-order valence-electron chi connectivity index (χ3n) is 6.92. The lowest BCUT2D eigenvalue weighted by Gasteiger charge is -2.19. The Hall–Kier alpha value is -3.10. The molecule has 0 amide bonds. The molecule has 0 saturated carbocycles. The second kappa shape index (κ2) is 5.96. The summed E-state index contributed by atoms with van der Waals surface area (Å²) in [6.45, 7) is 9.37. The normalized spacial score (nSPS) is 14.3.